The van der Waals surface area contributed by atoms with E-state index in [1.807, 2.05) is 0 Å². The summed E-state index contributed by atoms with van der Waals surface area (Å²) >= 11 is 0. The molecule has 0 spiro atoms. The number of nitrogens with one attached hydrogen (secondary N) is 1. The molecule has 0 amide bonds. The van der Waals surface area contributed by atoms with Crippen LogP contribution in [0.1, 0.15) is 26.7 Å². The van der Waals surface area contributed by atoms with Crippen molar-refractivity contribution < 1.29 is 5.11 Å². The molecule has 2 aromatic rings. The van der Waals surface area contributed by atoms with E-state index in [4.69, 9.17) is 0 Å². The fourth-order valence-electron chi connectivity index (χ4n) is 2.08. The van der Waals surface area contributed by atoms with Crippen LogP contribution in [0, 0.1) is 5.92 Å². The Hall–Kier alpha value is -1.69. The van der Waals surface area contributed by atoms with E-state index in [9.17, 15) is 5.11 Å². The Balaban J connectivity index is 2.04. The van der Waals surface area contributed by atoms with E-state index in [1.54, 1.807) is 23.1 Å². The number of nitrogens with zero attached hydrogens (tertiary/aromatic N) is 4. The molecule has 0 aromatic carbocycles. The van der Waals surface area contributed by atoms with Crippen LogP contribution < -0.4 is 5.32 Å². The molecule has 2 aromatic heterocycles. The summed E-state index contributed by atoms with van der Waals surface area (Å²) in [5, 5.41) is 21.0. The van der Waals surface area contributed by atoms with E-state index in [-0.39, 0.29) is 6.10 Å². The van der Waals surface area contributed by atoms with Crippen molar-refractivity contribution in [2.75, 3.05) is 11.9 Å². The molecule has 0 aliphatic rings. The van der Waals surface area contributed by atoms with E-state index in [0.717, 1.165) is 12.8 Å². The number of aliphatic hydroxyl groups excluding tert-OH is 1. The first-order valence-corrected chi connectivity index (χ1v) is 6.32. The Morgan fingerprint density at radius 3 is 2.89 bits per heavy atom. The topological polar surface area (TPSA) is 75.3 Å². The van der Waals surface area contributed by atoms with Crippen LogP contribution in [0.2, 0.25) is 0 Å². The lowest BCUT2D eigenvalue weighted by atomic mass is 9.97. The van der Waals surface area contributed by atoms with Crippen molar-refractivity contribution in [3.63, 3.8) is 0 Å². The second-order valence-corrected chi connectivity index (χ2v) is 4.36. The van der Waals surface area contributed by atoms with E-state index < -0.39 is 0 Å². The maximum absolute atomic E-state index is 10.1. The molecule has 98 valence electrons. The predicted molar refractivity (Wildman–Crippen MR) is 69.4 cm³/mol. The third kappa shape index (κ3) is 2.59. The van der Waals surface area contributed by atoms with Crippen molar-refractivity contribution in [3.05, 3.63) is 18.7 Å². The van der Waals surface area contributed by atoms with E-state index in [0.29, 0.717) is 23.9 Å². The monoisotopic (exact) mass is 249 g/mol. The maximum atomic E-state index is 10.1. The molecule has 2 rings (SSSR count). The van der Waals surface area contributed by atoms with Gasteiger partial charge >= 0.3 is 0 Å². The number of hydrogen-bond donors (Lipinski definition) is 2. The molecule has 0 radical (unpaired) electrons. The van der Waals surface area contributed by atoms with Crippen molar-refractivity contribution in [2.45, 2.75) is 32.8 Å². The number of hydrogen-bond acceptors (Lipinski definition) is 5. The van der Waals surface area contributed by atoms with Gasteiger partial charge in [0.1, 0.15) is 6.33 Å². The van der Waals surface area contributed by atoms with Gasteiger partial charge in [-0.3, -0.25) is 4.40 Å². The van der Waals surface area contributed by atoms with Gasteiger partial charge in [-0.15, -0.1) is 10.2 Å². The second-order valence-electron chi connectivity index (χ2n) is 4.36. The largest absolute Gasteiger partial charge is 0.391 e. The SMILES string of the molecule is CCC(CC)C(O)CNc1nccn2cnnc12. The highest BCUT2D eigenvalue weighted by Crippen LogP contribution is 2.15. The summed E-state index contributed by atoms with van der Waals surface area (Å²) in [5.41, 5.74) is 0.675. The number of anilines is 1. The summed E-state index contributed by atoms with van der Waals surface area (Å²) < 4.78 is 1.79. The molecular formula is C12H19N5O. The van der Waals surface area contributed by atoms with Gasteiger partial charge in [-0.1, -0.05) is 26.7 Å². The highest BCUT2D eigenvalue weighted by Gasteiger charge is 2.16. The molecule has 0 fully saturated rings. The molecule has 0 saturated heterocycles. The zero-order chi connectivity index (χ0) is 13.0. The predicted octanol–water partition coefficient (Wildman–Crippen LogP) is 1.33. The Morgan fingerprint density at radius 1 is 1.39 bits per heavy atom. The summed E-state index contributed by atoms with van der Waals surface area (Å²) in [6.45, 7) is 4.66. The molecule has 0 bridgehead atoms. The van der Waals surface area contributed by atoms with Crippen LogP contribution in [0.25, 0.3) is 5.65 Å². The van der Waals surface area contributed by atoms with Crippen LogP contribution in [-0.4, -0.2) is 37.3 Å². The highest BCUT2D eigenvalue weighted by molar-refractivity contribution is 5.61. The molecule has 6 nitrogen and oxygen atoms in total. The second kappa shape index (κ2) is 5.77. The third-order valence-electron chi connectivity index (χ3n) is 3.29. The molecular weight excluding hydrogens is 230 g/mol. The number of fused-ring (bicyclic) bond motifs is 1. The molecule has 1 atom stereocenters. The molecule has 2 N–H and O–H groups in total. The Labute approximate surface area is 106 Å². The average molecular weight is 249 g/mol. The third-order valence-corrected chi connectivity index (χ3v) is 3.29. The number of aliphatic hydroxyl groups is 1. The molecule has 18 heavy (non-hydrogen) atoms. The minimum absolute atomic E-state index is 0.315. The quantitative estimate of drug-likeness (QED) is 0.808. The minimum atomic E-state index is -0.370. The van der Waals surface area contributed by atoms with Gasteiger partial charge in [0, 0.05) is 18.9 Å². The zero-order valence-electron chi connectivity index (χ0n) is 10.7. The first-order valence-electron chi connectivity index (χ1n) is 6.32. The van der Waals surface area contributed by atoms with E-state index in [2.05, 4.69) is 34.3 Å². The van der Waals surface area contributed by atoms with Gasteiger partial charge in [-0.2, -0.15) is 0 Å². The van der Waals surface area contributed by atoms with Gasteiger partial charge in [0.2, 0.25) is 5.65 Å². The minimum Gasteiger partial charge on any atom is -0.391 e. The summed E-state index contributed by atoms with van der Waals surface area (Å²) in [4.78, 5) is 4.22. The van der Waals surface area contributed by atoms with Gasteiger partial charge < -0.3 is 10.4 Å². The normalized spacial score (nSPS) is 13.1. The van der Waals surface area contributed by atoms with Crippen LogP contribution in [0.4, 0.5) is 5.82 Å². The van der Waals surface area contributed by atoms with Gasteiger partial charge in [-0.25, -0.2) is 4.98 Å². The van der Waals surface area contributed by atoms with Crippen molar-refractivity contribution in [2.24, 2.45) is 5.92 Å². The molecule has 1 unspecified atom stereocenters. The highest BCUT2D eigenvalue weighted by atomic mass is 16.3. The smallest absolute Gasteiger partial charge is 0.203 e. The van der Waals surface area contributed by atoms with Gasteiger partial charge in [0.05, 0.1) is 6.10 Å². The number of rotatable bonds is 6. The first-order chi connectivity index (χ1) is 8.76. The Morgan fingerprint density at radius 2 is 2.17 bits per heavy atom. The van der Waals surface area contributed by atoms with Crippen molar-refractivity contribution >= 4 is 11.5 Å². The lowest BCUT2D eigenvalue weighted by Crippen LogP contribution is -2.28. The summed E-state index contributed by atoms with van der Waals surface area (Å²) in [6.07, 6.45) is 6.67. The molecule has 6 heteroatoms. The van der Waals surface area contributed by atoms with Crippen LogP contribution in [0.5, 0.6) is 0 Å². The zero-order valence-corrected chi connectivity index (χ0v) is 10.7. The van der Waals surface area contributed by atoms with Crippen LogP contribution in [-0.2, 0) is 0 Å². The van der Waals surface area contributed by atoms with Gasteiger partial charge in [0.25, 0.3) is 0 Å². The summed E-state index contributed by atoms with van der Waals surface area (Å²) in [6, 6.07) is 0. The van der Waals surface area contributed by atoms with Crippen molar-refractivity contribution in [3.8, 4) is 0 Å². The maximum Gasteiger partial charge on any atom is 0.203 e. The fourth-order valence-corrected chi connectivity index (χ4v) is 2.08. The Bertz CT molecular complexity index is 494. The Kier molecular flexibility index (Phi) is 4.09. The van der Waals surface area contributed by atoms with Crippen LogP contribution >= 0.6 is 0 Å². The average Bonchev–Trinajstić information content (AvgIpc) is 2.86. The van der Waals surface area contributed by atoms with E-state index >= 15 is 0 Å². The van der Waals surface area contributed by atoms with Gasteiger partial charge in [-0.05, 0) is 5.92 Å². The van der Waals surface area contributed by atoms with Gasteiger partial charge in [0.15, 0.2) is 5.82 Å². The lowest BCUT2D eigenvalue weighted by Gasteiger charge is -2.20. The van der Waals surface area contributed by atoms with E-state index in [1.165, 1.54) is 0 Å². The van der Waals surface area contributed by atoms with Crippen LogP contribution in [0.15, 0.2) is 18.7 Å². The molecule has 2 heterocycles. The number of aromatic nitrogens is 4. The molecule has 0 aliphatic carbocycles. The molecule has 0 saturated carbocycles. The van der Waals surface area contributed by atoms with Crippen molar-refractivity contribution in [1.29, 1.82) is 0 Å². The molecule has 0 aliphatic heterocycles. The summed E-state index contributed by atoms with van der Waals surface area (Å²) in [5.74, 6) is 0.968. The van der Waals surface area contributed by atoms with Crippen LogP contribution in [0.3, 0.4) is 0 Å². The fraction of sp³-hybridized carbons (Fsp3) is 0.583. The first kappa shape index (κ1) is 12.8. The summed E-state index contributed by atoms with van der Waals surface area (Å²) in [7, 11) is 0. The standard InChI is InChI=1S/C12H19N5O/c1-3-9(4-2)10(18)7-14-11-12-16-15-8-17(12)6-5-13-11/h5-6,8-10,18H,3-4,7H2,1-2H3,(H,13,14). The van der Waals surface area contributed by atoms with Crippen molar-refractivity contribution in [1.82, 2.24) is 19.6 Å². The lowest BCUT2D eigenvalue weighted by molar-refractivity contribution is 0.114.